The van der Waals surface area contributed by atoms with Crippen molar-refractivity contribution in [3.05, 3.63) is 52.8 Å². The first-order chi connectivity index (χ1) is 14.1. The van der Waals surface area contributed by atoms with E-state index in [1.807, 2.05) is 45.9 Å². The molecule has 0 radical (unpaired) electrons. The van der Waals surface area contributed by atoms with Crippen molar-refractivity contribution in [2.75, 3.05) is 13.7 Å². The van der Waals surface area contributed by atoms with Crippen molar-refractivity contribution in [2.45, 2.75) is 60.6 Å². The molecule has 1 aliphatic rings. The van der Waals surface area contributed by atoms with Gasteiger partial charge < -0.3 is 14.4 Å². The summed E-state index contributed by atoms with van der Waals surface area (Å²) in [6, 6.07) is 10.2. The molecule has 0 bridgehead atoms. The molecule has 1 amide bonds. The first-order valence-electron chi connectivity index (χ1n) is 10.7. The third kappa shape index (κ3) is 4.61. The van der Waals surface area contributed by atoms with E-state index in [2.05, 4.69) is 35.9 Å². The zero-order valence-corrected chi connectivity index (χ0v) is 19.3. The lowest BCUT2D eigenvalue weighted by Gasteiger charge is -2.42. The highest BCUT2D eigenvalue weighted by Gasteiger charge is 2.37. The third-order valence-corrected chi connectivity index (χ3v) is 5.59. The van der Waals surface area contributed by atoms with Crippen LogP contribution in [0.4, 0.5) is 0 Å². The average molecular weight is 411 g/mol. The van der Waals surface area contributed by atoms with Crippen LogP contribution in [0.2, 0.25) is 0 Å². The highest BCUT2D eigenvalue weighted by molar-refractivity contribution is 5.82. The number of amides is 1. The van der Waals surface area contributed by atoms with Gasteiger partial charge >= 0.3 is 0 Å². The van der Waals surface area contributed by atoms with Crippen molar-refractivity contribution in [2.24, 2.45) is 11.3 Å². The number of carbonyl (C=O) groups is 1. The van der Waals surface area contributed by atoms with Gasteiger partial charge in [-0.05, 0) is 54.7 Å². The van der Waals surface area contributed by atoms with Gasteiger partial charge in [0.1, 0.15) is 23.8 Å². The Labute approximate surface area is 180 Å². The molecule has 5 heteroatoms. The number of rotatable bonds is 5. The first-order valence-corrected chi connectivity index (χ1v) is 10.7. The Kier molecular flexibility index (Phi) is 6.39. The number of carbonyl (C=O) groups excluding carboxylic acids is 1. The number of ether oxygens (including phenoxy) is 2. The molecule has 1 atom stereocenters. The molecule has 0 spiro atoms. The van der Waals surface area contributed by atoms with E-state index < -0.39 is 0 Å². The molecular weight excluding hydrogens is 376 g/mol. The fourth-order valence-corrected chi connectivity index (χ4v) is 4.14. The average Bonchev–Trinajstić information content (AvgIpc) is 2.69. The van der Waals surface area contributed by atoms with Crippen LogP contribution in [0.1, 0.15) is 63.2 Å². The maximum absolute atomic E-state index is 13.0. The molecule has 0 saturated heterocycles. The number of hydrogen-bond donors (Lipinski definition) is 0. The van der Waals surface area contributed by atoms with Crippen molar-refractivity contribution in [1.82, 2.24) is 9.88 Å². The minimum absolute atomic E-state index is 0.0908. The zero-order chi connectivity index (χ0) is 22.1. The Morgan fingerprint density at radius 2 is 1.97 bits per heavy atom. The molecule has 5 nitrogen and oxygen atoms in total. The van der Waals surface area contributed by atoms with E-state index in [9.17, 15) is 4.79 Å². The standard InChI is InChI=1S/C25H34N2O3/c1-16(2)23-20-10-9-19(30-15-21-22(29-7)11-8-17(3)26-21)14-18(20)12-13-27(23)24(28)25(4,5)6/h8-11,14,16,23H,12-13,15H2,1-7H3/t23-/m0/s1. The monoisotopic (exact) mass is 410 g/mol. The molecule has 1 aliphatic heterocycles. The molecule has 0 N–H and O–H groups in total. The molecule has 3 rings (SSSR count). The first kappa shape index (κ1) is 22.1. The molecular formula is C25H34N2O3. The minimum atomic E-state index is -0.381. The van der Waals surface area contributed by atoms with Crippen LogP contribution >= 0.6 is 0 Å². The Balaban J connectivity index is 1.83. The second-order valence-corrected chi connectivity index (χ2v) is 9.44. The van der Waals surface area contributed by atoms with Crippen LogP contribution in [-0.2, 0) is 17.8 Å². The molecule has 0 aliphatic carbocycles. The molecule has 1 aromatic carbocycles. The molecule has 1 aromatic heterocycles. The number of pyridine rings is 1. The lowest BCUT2D eigenvalue weighted by Crippen LogP contribution is -2.46. The smallest absolute Gasteiger partial charge is 0.228 e. The maximum atomic E-state index is 13.0. The van der Waals surface area contributed by atoms with Crippen LogP contribution in [0, 0.1) is 18.3 Å². The van der Waals surface area contributed by atoms with Crippen LogP contribution in [0.3, 0.4) is 0 Å². The lowest BCUT2D eigenvalue weighted by molar-refractivity contribution is -0.143. The lowest BCUT2D eigenvalue weighted by atomic mass is 9.83. The summed E-state index contributed by atoms with van der Waals surface area (Å²) in [6.07, 6.45) is 0.837. The highest BCUT2D eigenvalue weighted by Crippen LogP contribution is 2.39. The van der Waals surface area contributed by atoms with Crippen molar-refractivity contribution in [3.8, 4) is 11.5 Å². The van der Waals surface area contributed by atoms with E-state index >= 15 is 0 Å². The normalized spacial score (nSPS) is 16.4. The van der Waals surface area contributed by atoms with Crippen molar-refractivity contribution >= 4 is 5.91 Å². The maximum Gasteiger partial charge on any atom is 0.228 e. The Hall–Kier alpha value is -2.56. The van der Waals surface area contributed by atoms with Crippen LogP contribution in [0.25, 0.3) is 0 Å². The summed E-state index contributed by atoms with van der Waals surface area (Å²) in [5, 5.41) is 0. The fraction of sp³-hybridized carbons (Fsp3) is 0.520. The SMILES string of the molecule is COc1ccc(C)nc1COc1ccc2c(c1)CCN(C(=O)C(C)(C)C)[C@H]2C(C)C. The van der Waals surface area contributed by atoms with Crippen molar-refractivity contribution < 1.29 is 14.3 Å². The zero-order valence-electron chi connectivity index (χ0n) is 19.3. The van der Waals surface area contributed by atoms with E-state index in [1.54, 1.807) is 7.11 Å². The van der Waals surface area contributed by atoms with Crippen LogP contribution in [0.15, 0.2) is 30.3 Å². The summed E-state index contributed by atoms with van der Waals surface area (Å²) < 4.78 is 11.5. The molecule has 2 heterocycles. The summed E-state index contributed by atoms with van der Waals surface area (Å²) >= 11 is 0. The van der Waals surface area contributed by atoms with Gasteiger partial charge in [-0.15, -0.1) is 0 Å². The number of fused-ring (bicyclic) bond motifs is 1. The van der Waals surface area contributed by atoms with Crippen molar-refractivity contribution in [1.29, 1.82) is 0 Å². The molecule has 0 fully saturated rings. The Morgan fingerprint density at radius 1 is 1.23 bits per heavy atom. The number of aromatic nitrogens is 1. The second kappa shape index (κ2) is 8.66. The topological polar surface area (TPSA) is 51.7 Å². The van der Waals surface area contributed by atoms with E-state index in [0.29, 0.717) is 12.5 Å². The number of hydrogen-bond acceptors (Lipinski definition) is 4. The molecule has 162 valence electrons. The molecule has 0 unspecified atom stereocenters. The van der Waals surface area contributed by atoms with Gasteiger partial charge in [0.25, 0.3) is 0 Å². The molecule has 0 saturated carbocycles. The minimum Gasteiger partial charge on any atom is -0.495 e. The summed E-state index contributed by atoms with van der Waals surface area (Å²) in [7, 11) is 1.64. The fourth-order valence-electron chi connectivity index (χ4n) is 4.14. The van der Waals surface area contributed by atoms with Gasteiger partial charge in [0.2, 0.25) is 5.91 Å². The number of nitrogens with zero attached hydrogens (tertiary/aromatic N) is 2. The number of benzene rings is 1. The summed E-state index contributed by atoms with van der Waals surface area (Å²) in [6.45, 7) is 13.4. The Morgan fingerprint density at radius 3 is 2.60 bits per heavy atom. The predicted octanol–water partition coefficient (Wildman–Crippen LogP) is 5.11. The quantitative estimate of drug-likeness (QED) is 0.688. The Bertz CT molecular complexity index is 915. The van der Waals surface area contributed by atoms with Gasteiger partial charge in [0.05, 0.1) is 13.2 Å². The van der Waals surface area contributed by atoms with Crippen molar-refractivity contribution in [3.63, 3.8) is 0 Å². The van der Waals surface area contributed by atoms with E-state index in [1.165, 1.54) is 11.1 Å². The van der Waals surface area contributed by atoms with Gasteiger partial charge in [0.15, 0.2) is 0 Å². The summed E-state index contributed by atoms with van der Waals surface area (Å²) in [5.41, 5.74) is 3.83. The number of methoxy groups -OCH3 is 1. The molecule has 2 aromatic rings. The van der Waals surface area contributed by atoms with Crippen LogP contribution in [-0.4, -0.2) is 29.4 Å². The van der Waals surface area contributed by atoms with Gasteiger partial charge in [-0.1, -0.05) is 40.7 Å². The predicted molar refractivity (Wildman–Crippen MR) is 119 cm³/mol. The number of aryl methyl sites for hydroxylation is 1. The second-order valence-electron chi connectivity index (χ2n) is 9.44. The summed E-state index contributed by atoms with van der Waals surface area (Å²) in [4.78, 5) is 19.6. The van der Waals surface area contributed by atoms with Crippen LogP contribution < -0.4 is 9.47 Å². The van der Waals surface area contributed by atoms with Gasteiger partial charge in [-0.2, -0.15) is 0 Å². The van der Waals surface area contributed by atoms with E-state index in [0.717, 1.165) is 35.9 Å². The van der Waals surface area contributed by atoms with Gasteiger partial charge in [-0.25, -0.2) is 0 Å². The molecule has 30 heavy (non-hydrogen) atoms. The van der Waals surface area contributed by atoms with Crippen LogP contribution in [0.5, 0.6) is 11.5 Å². The van der Waals surface area contributed by atoms with Gasteiger partial charge in [0, 0.05) is 17.7 Å². The third-order valence-electron chi connectivity index (χ3n) is 5.59. The van der Waals surface area contributed by atoms with Gasteiger partial charge in [-0.3, -0.25) is 9.78 Å². The van der Waals surface area contributed by atoms with E-state index in [-0.39, 0.29) is 17.4 Å². The highest BCUT2D eigenvalue weighted by atomic mass is 16.5. The summed E-state index contributed by atoms with van der Waals surface area (Å²) in [5.74, 6) is 2.10. The van der Waals surface area contributed by atoms with E-state index in [4.69, 9.17) is 9.47 Å². The largest absolute Gasteiger partial charge is 0.495 e.